The van der Waals surface area contributed by atoms with Crippen LogP contribution in [0.2, 0.25) is 0 Å². The van der Waals surface area contributed by atoms with E-state index in [0.717, 1.165) is 6.42 Å². The summed E-state index contributed by atoms with van der Waals surface area (Å²) in [7, 11) is 0. The third kappa shape index (κ3) is 3.75. The van der Waals surface area contributed by atoms with Gasteiger partial charge in [0.15, 0.2) is 0 Å². The van der Waals surface area contributed by atoms with E-state index >= 15 is 0 Å². The Morgan fingerprint density at radius 2 is 2.32 bits per heavy atom. The fourth-order valence-electron chi connectivity index (χ4n) is 2.02. The molecular formula is C13H16BrFN2O2. The van der Waals surface area contributed by atoms with Crippen LogP contribution in [0.15, 0.2) is 22.7 Å². The Morgan fingerprint density at radius 1 is 1.53 bits per heavy atom. The van der Waals surface area contributed by atoms with Gasteiger partial charge < -0.3 is 15.8 Å². The van der Waals surface area contributed by atoms with Gasteiger partial charge in [0.05, 0.1) is 10.6 Å². The van der Waals surface area contributed by atoms with Gasteiger partial charge in [-0.3, -0.25) is 4.79 Å². The summed E-state index contributed by atoms with van der Waals surface area (Å²) in [5.41, 5.74) is 6.20. The summed E-state index contributed by atoms with van der Waals surface area (Å²) in [5.74, 6) is -0.508. The van der Waals surface area contributed by atoms with Crippen LogP contribution in [0.4, 0.5) is 4.39 Å². The second-order valence-corrected chi connectivity index (χ2v) is 5.38. The Bertz CT molecular complexity index is 470. The molecule has 6 heteroatoms. The van der Waals surface area contributed by atoms with Gasteiger partial charge in [-0.15, -0.1) is 0 Å². The van der Waals surface area contributed by atoms with Gasteiger partial charge in [0.1, 0.15) is 11.9 Å². The van der Waals surface area contributed by atoms with Gasteiger partial charge in [-0.2, -0.15) is 0 Å². The molecule has 0 aromatic heterocycles. The zero-order valence-electron chi connectivity index (χ0n) is 10.4. The molecule has 1 amide bonds. The number of hydrogen-bond donors (Lipinski definition) is 2. The molecule has 0 radical (unpaired) electrons. The molecule has 1 heterocycles. The van der Waals surface area contributed by atoms with Crippen LogP contribution < -0.4 is 11.1 Å². The lowest BCUT2D eigenvalue weighted by molar-refractivity contribution is -0.132. The highest BCUT2D eigenvalue weighted by atomic mass is 79.9. The molecule has 4 nitrogen and oxygen atoms in total. The molecule has 2 rings (SSSR count). The number of halogens is 2. The Labute approximate surface area is 119 Å². The highest BCUT2D eigenvalue weighted by Crippen LogP contribution is 2.19. The van der Waals surface area contributed by atoms with Gasteiger partial charge in [-0.05, 0) is 46.5 Å². The van der Waals surface area contributed by atoms with Gasteiger partial charge in [0.25, 0.3) is 0 Å². The standard InChI is InChI=1S/C13H16BrFN2O2/c14-10-3-1-8(5-11(10)15)7-17-13(18)12-4-2-9(6-16)19-12/h1,3,5,9,12H,2,4,6-7,16H2,(H,17,18)/t9-,12+/m1/s1. The molecule has 2 atom stereocenters. The van der Waals surface area contributed by atoms with E-state index < -0.39 is 6.10 Å². The Morgan fingerprint density at radius 3 is 2.95 bits per heavy atom. The zero-order chi connectivity index (χ0) is 13.8. The van der Waals surface area contributed by atoms with Crippen LogP contribution in [0.25, 0.3) is 0 Å². The molecule has 19 heavy (non-hydrogen) atoms. The normalized spacial score (nSPS) is 22.5. The van der Waals surface area contributed by atoms with Crippen molar-refractivity contribution in [2.24, 2.45) is 5.73 Å². The van der Waals surface area contributed by atoms with Crippen LogP contribution in [0.5, 0.6) is 0 Å². The second kappa shape index (κ2) is 6.45. The average molecular weight is 331 g/mol. The van der Waals surface area contributed by atoms with Crippen LogP contribution in [0.3, 0.4) is 0 Å². The van der Waals surface area contributed by atoms with Crippen LogP contribution in [0, 0.1) is 5.82 Å². The van der Waals surface area contributed by atoms with Crippen molar-refractivity contribution in [2.45, 2.75) is 31.6 Å². The largest absolute Gasteiger partial charge is 0.364 e. The first kappa shape index (κ1) is 14.4. The molecule has 0 aliphatic carbocycles. The van der Waals surface area contributed by atoms with Crippen molar-refractivity contribution in [1.82, 2.24) is 5.32 Å². The van der Waals surface area contributed by atoms with E-state index in [1.807, 2.05) is 0 Å². The first-order valence-electron chi connectivity index (χ1n) is 6.17. The predicted octanol–water partition coefficient (Wildman–Crippen LogP) is 1.71. The highest BCUT2D eigenvalue weighted by molar-refractivity contribution is 9.10. The summed E-state index contributed by atoms with van der Waals surface area (Å²) in [6, 6.07) is 4.77. The van der Waals surface area contributed by atoms with Crippen LogP contribution in [0.1, 0.15) is 18.4 Å². The average Bonchev–Trinajstić information content (AvgIpc) is 2.88. The molecule has 1 aliphatic heterocycles. The molecule has 1 aromatic rings. The van der Waals surface area contributed by atoms with Gasteiger partial charge >= 0.3 is 0 Å². The number of amides is 1. The summed E-state index contributed by atoms with van der Waals surface area (Å²) in [4.78, 5) is 11.9. The fourth-order valence-corrected chi connectivity index (χ4v) is 2.27. The molecular weight excluding hydrogens is 315 g/mol. The number of carbonyl (C=O) groups excluding carboxylic acids is 1. The molecule has 104 valence electrons. The second-order valence-electron chi connectivity index (χ2n) is 4.53. The Hall–Kier alpha value is -0.980. The molecule has 1 saturated heterocycles. The SMILES string of the molecule is NC[C@H]1CC[C@@H](C(=O)NCc2ccc(Br)c(F)c2)O1. The maximum atomic E-state index is 13.3. The van der Waals surface area contributed by atoms with E-state index in [-0.39, 0.29) is 24.4 Å². The lowest BCUT2D eigenvalue weighted by Crippen LogP contribution is -2.35. The van der Waals surface area contributed by atoms with E-state index in [2.05, 4.69) is 21.2 Å². The quantitative estimate of drug-likeness (QED) is 0.883. The van der Waals surface area contributed by atoms with Crippen molar-refractivity contribution in [1.29, 1.82) is 0 Å². The number of carbonyl (C=O) groups is 1. The van der Waals surface area contributed by atoms with Crippen molar-refractivity contribution < 1.29 is 13.9 Å². The van der Waals surface area contributed by atoms with E-state index in [1.165, 1.54) is 6.07 Å². The van der Waals surface area contributed by atoms with Gasteiger partial charge in [0.2, 0.25) is 5.91 Å². The molecule has 0 spiro atoms. The number of rotatable bonds is 4. The first-order valence-corrected chi connectivity index (χ1v) is 6.96. The van der Waals surface area contributed by atoms with Gasteiger partial charge in [0, 0.05) is 13.1 Å². The molecule has 1 fully saturated rings. The third-order valence-electron chi connectivity index (χ3n) is 3.11. The third-order valence-corrected chi connectivity index (χ3v) is 3.76. The Kier molecular flexibility index (Phi) is 4.90. The maximum absolute atomic E-state index is 13.3. The van der Waals surface area contributed by atoms with E-state index in [1.54, 1.807) is 12.1 Å². The lowest BCUT2D eigenvalue weighted by atomic mass is 10.2. The smallest absolute Gasteiger partial charge is 0.249 e. The van der Waals surface area contributed by atoms with Crippen molar-refractivity contribution >= 4 is 21.8 Å². The number of nitrogens with one attached hydrogen (secondary N) is 1. The minimum absolute atomic E-state index is 0.0270. The molecule has 1 aliphatic rings. The van der Waals surface area contributed by atoms with E-state index in [0.29, 0.717) is 23.0 Å². The minimum atomic E-state index is -0.436. The summed E-state index contributed by atoms with van der Waals surface area (Å²) in [6.45, 7) is 0.720. The molecule has 3 N–H and O–H groups in total. The Balaban J connectivity index is 1.85. The van der Waals surface area contributed by atoms with Crippen molar-refractivity contribution in [3.8, 4) is 0 Å². The van der Waals surface area contributed by atoms with Gasteiger partial charge in [-0.25, -0.2) is 4.39 Å². The molecule has 0 unspecified atom stereocenters. The topological polar surface area (TPSA) is 64.4 Å². The number of benzene rings is 1. The fraction of sp³-hybridized carbons (Fsp3) is 0.462. The van der Waals surface area contributed by atoms with Crippen LogP contribution in [-0.2, 0) is 16.1 Å². The van der Waals surface area contributed by atoms with Crippen LogP contribution in [-0.4, -0.2) is 24.7 Å². The lowest BCUT2D eigenvalue weighted by Gasteiger charge is -2.12. The summed E-state index contributed by atoms with van der Waals surface area (Å²) in [5, 5.41) is 2.75. The highest BCUT2D eigenvalue weighted by Gasteiger charge is 2.29. The summed E-state index contributed by atoms with van der Waals surface area (Å²) >= 11 is 3.08. The van der Waals surface area contributed by atoms with Crippen molar-refractivity contribution in [3.63, 3.8) is 0 Å². The zero-order valence-corrected chi connectivity index (χ0v) is 12.0. The monoisotopic (exact) mass is 330 g/mol. The van der Waals surface area contributed by atoms with E-state index in [4.69, 9.17) is 10.5 Å². The van der Waals surface area contributed by atoms with Gasteiger partial charge in [-0.1, -0.05) is 6.07 Å². The van der Waals surface area contributed by atoms with Crippen molar-refractivity contribution in [3.05, 3.63) is 34.1 Å². The minimum Gasteiger partial charge on any atom is -0.364 e. The van der Waals surface area contributed by atoms with Crippen molar-refractivity contribution in [2.75, 3.05) is 6.54 Å². The number of ether oxygens (including phenoxy) is 1. The first-order chi connectivity index (χ1) is 9.10. The molecule has 0 bridgehead atoms. The maximum Gasteiger partial charge on any atom is 0.249 e. The number of hydrogen-bond acceptors (Lipinski definition) is 3. The predicted molar refractivity (Wildman–Crippen MR) is 72.9 cm³/mol. The molecule has 0 saturated carbocycles. The summed E-state index contributed by atoms with van der Waals surface area (Å²) < 4.78 is 19.2. The summed E-state index contributed by atoms with van der Waals surface area (Å²) in [6.07, 6.45) is 1.03. The number of nitrogens with two attached hydrogens (primary N) is 1. The van der Waals surface area contributed by atoms with Crippen LogP contribution >= 0.6 is 15.9 Å². The molecule has 1 aromatic carbocycles. The van der Waals surface area contributed by atoms with E-state index in [9.17, 15) is 9.18 Å².